The molecule has 0 aliphatic heterocycles. The van der Waals surface area contributed by atoms with Crippen LogP contribution >= 0.6 is 0 Å². The van der Waals surface area contributed by atoms with E-state index >= 15 is 0 Å². The Kier molecular flexibility index (Phi) is 3.92. The highest BCUT2D eigenvalue weighted by Gasteiger charge is 2.24. The number of carbonyl (C=O) groups is 1. The zero-order chi connectivity index (χ0) is 15.6. The highest BCUT2D eigenvalue weighted by Crippen LogP contribution is 2.23. The predicted octanol–water partition coefficient (Wildman–Crippen LogP) is 2.41. The average Bonchev–Trinajstić information content (AvgIpc) is 2.88. The van der Waals surface area contributed by atoms with Crippen LogP contribution in [0.2, 0.25) is 0 Å². The van der Waals surface area contributed by atoms with Crippen LogP contribution in [0.4, 0.5) is 20.3 Å². The molecule has 7 nitrogen and oxygen atoms in total. The maximum Gasteiger partial charge on any atom is 0.285 e. The number of hydrogen-bond donors (Lipinski definition) is 2. The smallest absolute Gasteiger partial charge is 0.285 e. The number of nitro groups is 1. The van der Waals surface area contributed by atoms with Gasteiger partial charge in [-0.1, -0.05) is 6.92 Å². The number of rotatable bonds is 4. The number of benzene rings is 1. The summed E-state index contributed by atoms with van der Waals surface area (Å²) in [5.74, 6) is -3.56. The summed E-state index contributed by atoms with van der Waals surface area (Å²) in [6.07, 6.45) is 0.647. The number of aromatic amines is 1. The fraction of sp³-hybridized carbons (Fsp3) is 0.167. The first-order valence-electron chi connectivity index (χ1n) is 5.91. The van der Waals surface area contributed by atoms with Crippen molar-refractivity contribution in [3.8, 4) is 0 Å². The van der Waals surface area contributed by atoms with Crippen molar-refractivity contribution in [1.82, 2.24) is 10.2 Å². The van der Waals surface area contributed by atoms with Crippen molar-refractivity contribution in [2.45, 2.75) is 13.3 Å². The number of nitrogens with one attached hydrogen (secondary N) is 2. The molecule has 9 heteroatoms. The molecule has 0 saturated carbocycles. The van der Waals surface area contributed by atoms with E-state index in [1.54, 1.807) is 0 Å². The number of aryl methyl sites for hydroxylation is 1. The molecule has 0 atom stereocenters. The number of aromatic nitrogens is 2. The molecular weight excluding hydrogens is 286 g/mol. The lowest BCUT2D eigenvalue weighted by Gasteiger charge is -2.04. The van der Waals surface area contributed by atoms with E-state index in [4.69, 9.17) is 0 Å². The highest BCUT2D eigenvalue weighted by atomic mass is 19.2. The summed E-state index contributed by atoms with van der Waals surface area (Å²) in [4.78, 5) is 21.8. The molecule has 21 heavy (non-hydrogen) atoms. The Hall–Kier alpha value is -2.84. The number of nitrogens with zero attached hydrogens (tertiary/aromatic N) is 2. The molecular formula is C12H10F2N4O3. The maximum absolute atomic E-state index is 13.2. The second kappa shape index (κ2) is 5.65. The monoisotopic (exact) mass is 296 g/mol. The molecule has 2 rings (SSSR count). The molecule has 0 radical (unpaired) electrons. The quantitative estimate of drug-likeness (QED) is 0.668. The van der Waals surface area contributed by atoms with Gasteiger partial charge in [0.2, 0.25) is 0 Å². The minimum Gasteiger partial charge on any atom is -0.305 e. The zero-order valence-corrected chi connectivity index (χ0v) is 10.8. The van der Waals surface area contributed by atoms with Gasteiger partial charge < -0.3 is 5.32 Å². The van der Waals surface area contributed by atoms with E-state index in [0.717, 1.165) is 5.69 Å². The van der Waals surface area contributed by atoms with Crippen molar-refractivity contribution in [2.75, 3.05) is 5.32 Å². The van der Waals surface area contributed by atoms with Crippen molar-refractivity contribution in [2.24, 2.45) is 0 Å². The molecule has 110 valence electrons. The Morgan fingerprint density at radius 3 is 2.62 bits per heavy atom. The van der Waals surface area contributed by atoms with E-state index < -0.39 is 33.7 Å². The van der Waals surface area contributed by atoms with Gasteiger partial charge in [-0.2, -0.15) is 5.10 Å². The summed E-state index contributed by atoms with van der Waals surface area (Å²) in [5.41, 5.74) is -0.664. The fourth-order valence-electron chi connectivity index (χ4n) is 1.66. The van der Waals surface area contributed by atoms with Crippen LogP contribution in [0.3, 0.4) is 0 Å². The molecule has 1 amide bonds. The van der Waals surface area contributed by atoms with E-state index in [-0.39, 0.29) is 5.82 Å². The standard InChI is InChI=1S/C12H10F2N4O3/c1-2-6-3-11(17-16-6)15-12(19)7-4-8(13)9(14)5-10(7)18(20)21/h3-5H,2H2,1H3,(H2,15,16,17,19). The molecule has 0 aliphatic carbocycles. The Bertz CT molecular complexity index is 715. The summed E-state index contributed by atoms with van der Waals surface area (Å²) in [5, 5.41) is 19.5. The summed E-state index contributed by atoms with van der Waals surface area (Å²) in [6, 6.07) is 2.38. The first-order chi connectivity index (χ1) is 9.92. The molecule has 0 spiro atoms. The summed E-state index contributed by atoms with van der Waals surface area (Å²) < 4.78 is 26.2. The predicted molar refractivity (Wildman–Crippen MR) is 68.9 cm³/mol. The first-order valence-corrected chi connectivity index (χ1v) is 5.91. The number of halogens is 2. The molecule has 0 saturated heterocycles. The molecule has 2 N–H and O–H groups in total. The number of hydrogen-bond acceptors (Lipinski definition) is 4. The second-order valence-corrected chi connectivity index (χ2v) is 4.13. The summed E-state index contributed by atoms with van der Waals surface area (Å²) >= 11 is 0. The van der Waals surface area contributed by atoms with Gasteiger partial charge in [-0.15, -0.1) is 0 Å². The third-order valence-corrected chi connectivity index (χ3v) is 2.73. The Labute approximate surface area is 117 Å². The number of H-pyrrole nitrogens is 1. The van der Waals surface area contributed by atoms with Crippen molar-refractivity contribution in [1.29, 1.82) is 0 Å². The van der Waals surface area contributed by atoms with Gasteiger partial charge in [0.15, 0.2) is 17.5 Å². The topological polar surface area (TPSA) is 101 Å². The average molecular weight is 296 g/mol. The lowest BCUT2D eigenvalue weighted by Crippen LogP contribution is -2.15. The van der Waals surface area contributed by atoms with E-state index in [1.807, 2.05) is 6.92 Å². The minimum atomic E-state index is -1.40. The van der Waals surface area contributed by atoms with Crippen LogP contribution < -0.4 is 5.32 Å². The summed E-state index contributed by atoms with van der Waals surface area (Å²) in [7, 11) is 0. The first kappa shape index (κ1) is 14.6. The molecule has 0 aliphatic rings. The SMILES string of the molecule is CCc1cc(NC(=O)c2cc(F)c(F)cc2[N+](=O)[O-])n[nH]1. The Morgan fingerprint density at radius 1 is 1.38 bits per heavy atom. The molecule has 1 heterocycles. The third-order valence-electron chi connectivity index (χ3n) is 2.73. The van der Waals surface area contributed by atoms with E-state index in [1.165, 1.54) is 6.07 Å². The Morgan fingerprint density at radius 2 is 2.05 bits per heavy atom. The van der Waals surface area contributed by atoms with E-state index in [2.05, 4.69) is 15.5 Å². The van der Waals surface area contributed by atoms with E-state index in [9.17, 15) is 23.7 Å². The molecule has 0 unspecified atom stereocenters. The van der Waals surface area contributed by atoms with Crippen LogP contribution in [0, 0.1) is 21.7 Å². The fourth-order valence-corrected chi connectivity index (χ4v) is 1.66. The van der Waals surface area contributed by atoms with Crippen LogP contribution in [0.5, 0.6) is 0 Å². The zero-order valence-electron chi connectivity index (χ0n) is 10.8. The lowest BCUT2D eigenvalue weighted by molar-refractivity contribution is -0.385. The van der Waals surface area contributed by atoms with E-state index in [0.29, 0.717) is 18.6 Å². The lowest BCUT2D eigenvalue weighted by atomic mass is 10.1. The minimum absolute atomic E-state index is 0.135. The number of nitro benzene ring substituents is 1. The molecule has 0 fully saturated rings. The summed E-state index contributed by atoms with van der Waals surface area (Å²) in [6.45, 7) is 1.86. The molecule has 2 aromatic rings. The second-order valence-electron chi connectivity index (χ2n) is 4.13. The van der Waals surface area contributed by atoms with Crippen LogP contribution in [0.1, 0.15) is 23.0 Å². The number of amides is 1. The van der Waals surface area contributed by atoms with Crippen molar-refractivity contribution in [3.05, 3.63) is 51.2 Å². The number of anilines is 1. The van der Waals surface area contributed by atoms with Crippen LogP contribution in [-0.4, -0.2) is 21.0 Å². The molecule has 0 bridgehead atoms. The van der Waals surface area contributed by atoms with Gasteiger partial charge in [-0.05, 0) is 12.5 Å². The normalized spacial score (nSPS) is 10.4. The van der Waals surface area contributed by atoms with Gasteiger partial charge in [0.25, 0.3) is 11.6 Å². The van der Waals surface area contributed by atoms with Crippen LogP contribution in [0.25, 0.3) is 0 Å². The maximum atomic E-state index is 13.2. The number of carbonyl (C=O) groups excluding carboxylic acids is 1. The van der Waals surface area contributed by atoms with Gasteiger partial charge in [0, 0.05) is 11.8 Å². The molecule has 1 aromatic carbocycles. The van der Waals surface area contributed by atoms with Gasteiger partial charge in [-0.25, -0.2) is 8.78 Å². The Balaban J connectivity index is 2.34. The van der Waals surface area contributed by atoms with Gasteiger partial charge in [-0.3, -0.25) is 20.0 Å². The van der Waals surface area contributed by atoms with Gasteiger partial charge in [0.05, 0.1) is 11.0 Å². The van der Waals surface area contributed by atoms with Crippen LogP contribution in [-0.2, 0) is 6.42 Å². The molecule has 1 aromatic heterocycles. The van der Waals surface area contributed by atoms with Crippen LogP contribution in [0.15, 0.2) is 18.2 Å². The van der Waals surface area contributed by atoms with Gasteiger partial charge >= 0.3 is 0 Å². The van der Waals surface area contributed by atoms with Crippen molar-refractivity contribution in [3.63, 3.8) is 0 Å². The van der Waals surface area contributed by atoms with Gasteiger partial charge in [0.1, 0.15) is 5.56 Å². The third kappa shape index (κ3) is 3.02. The van der Waals surface area contributed by atoms with Crippen molar-refractivity contribution < 1.29 is 18.5 Å². The largest absolute Gasteiger partial charge is 0.305 e. The van der Waals surface area contributed by atoms with Crippen molar-refractivity contribution >= 4 is 17.4 Å². The highest BCUT2D eigenvalue weighted by molar-refractivity contribution is 6.06.